The molecule has 1 rings (SSSR count). The minimum absolute atomic E-state index is 0.177. The van der Waals surface area contributed by atoms with Crippen LogP contribution in [0.1, 0.15) is 32.3 Å². The number of nitrogens with one attached hydrogen (secondary N) is 1. The van der Waals surface area contributed by atoms with Crippen LogP contribution in [0, 0.1) is 13.8 Å². The summed E-state index contributed by atoms with van der Waals surface area (Å²) in [6.45, 7) is 12.7. The predicted octanol–water partition coefficient (Wildman–Crippen LogP) is 0.498. The first-order chi connectivity index (χ1) is 9.01. The molecule has 0 bridgehead atoms. The molecule has 0 saturated carbocycles. The van der Waals surface area contributed by atoms with Crippen molar-refractivity contribution in [1.82, 2.24) is 14.9 Å². The van der Waals surface area contributed by atoms with E-state index < -0.39 is 0 Å². The van der Waals surface area contributed by atoms with Gasteiger partial charge in [0.25, 0.3) is 5.91 Å². The normalized spacial score (nSPS) is 12.3. The summed E-state index contributed by atoms with van der Waals surface area (Å²) < 4.78 is 0. The molecule has 0 aromatic carbocycles. The third-order valence-corrected chi connectivity index (χ3v) is 3.24. The maximum absolute atomic E-state index is 12.2. The number of aromatic nitrogens is 2. The molecular weight excluding hydrogens is 240 g/mol. The lowest BCUT2D eigenvalue weighted by Gasteiger charge is -2.22. The van der Waals surface area contributed by atoms with Gasteiger partial charge in [0.05, 0.1) is 6.54 Å². The highest BCUT2D eigenvalue weighted by molar-refractivity contribution is 5.77. The molecule has 0 fully saturated rings. The highest BCUT2D eigenvalue weighted by Gasteiger charge is 2.20. The van der Waals surface area contributed by atoms with Crippen molar-refractivity contribution >= 4 is 11.7 Å². The Morgan fingerprint density at radius 1 is 1.21 bits per heavy atom. The minimum atomic E-state index is 0.177. The standard InChI is InChI=1S/C14H24N4O/c1-6-17(7-2)14(19)10-18(8-3)13-9-11(4)15-12(5)16-13/h9H,6-8,10H2,1-5H3/p+1. The Balaban J connectivity index is 2.86. The Kier molecular flexibility index (Phi) is 5.89. The lowest BCUT2D eigenvalue weighted by atomic mass is 10.3. The van der Waals surface area contributed by atoms with Crippen LogP contribution in [0.3, 0.4) is 0 Å². The van der Waals surface area contributed by atoms with Gasteiger partial charge in [-0.25, -0.2) is 4.98 Å². The van der Waals surface area contributed by atoms with Crippen LogP contribution in [-0.2, 0) is 4.79 Å². The molecule has 1 heterocycles. The quantitative estimate of drug-likeness (QED) is 0.815. The minimum Gasteiger partial charge on any atom is -0.338 e. The van der Waals surface area contributed by atoms with E-state index in [-0.39, 0.29) is 5.91 Å². The number of carbonyl (C=O) groups excluding carboxylic acids is 1. The topological polar surface area (TPSA) is 50.5 Å². The van der Waals surface area contributed by atoms with Gasteiger partial charge in [-0.15, -0.1) is 0 Å². The first-order valence-electron chi connectivity index (χ1n) is 6.96. The van der Waals surface area contributed by atoms with Gasteiger partial charge in [0.15, 0.2) is 6.54 Å². The maximum Gasteiger partial charge on any atom is 0.278 e. The number of hydrogen-bond acceptors (Lipinski definition) is 3. The van der Waals surface area contributed by atoms with E-state index in [2.05, 4.69) is 16.9 Å². The molecule has 0 aliphatic carbocycles. The summed E-state index contributed by atoms with van der Waals surface area (Å²) in [6.07, 6.45) is 0. The molecule has 0 aliphatic heterocycles. The van der Waals surface area contributed by atoms with Crippen LogP contribution in [0.25, 0.3) is 0 Å². The van der Waals surface area contributed by atoms with Crippen LogP contribution < -0.4 is 4.90 Å². The number of rotatable bonds is 6. The Morgan fingerprint density at radius 2 is 1.84 bits per heavy atom. The summed E-state index contributed by atoms with van der Waals surface area (Å²) in [6, 6.07) is 1.96. The number of nitrogens with zero attached hydrogens (tertiary/aromatic N) is 3. The third kappa shape index (κ3) is 4.28. The molecule has 0 radical (unpaired) electrons. The van der Waals surface area contributed by atoms with Crippen LogP contribution in [0.15, 0.2) is 6.07 Å². The number of hydrogen-bond donors (Lipinski definition) is 1. The number of aryl methyl sites for hydroxylation is 2. The van der Waals surface area contributed by atoms with Crippen molar-refractivity contribution in [3.8, 4) is 0 Å². The summed E-state index contributed by atoms with van der Waals surface area (Å²) in [4.78, 5) is 23.9. The van der Waals surface area contributed by atoms with Crippen molar-refractivity contribution in [1.29, 1.82) is 0 Å². The van der Waals surface area contributed by atoms with Gasteiger partial charge in [0, 0.05) is 24.8 Å². The molecule has 0 saturated heterocycles. The number of likely N-dealkylation sites (N-methyl/N-ethyl adjacent to an activating group) is 2. The molecule has 0 spiro atoms. The molecule has 1 atom stereocenters. The first-order valence-corrected chi connectivity index (χ1v) is 6.96. The summed E-state index contributed by atoms with van der Waals surface area (Å²) in [7, 11) is 0. The fourth-order valence-electron chi connectivity index (χ4n) is 2.17. The Bertz CT molecular complexity index is 409. The average Bonchev–Trinajstić information content (AvgIpc) is 2.36. The lowest BCUT2D eigenvalue weighted by molar-refractivity contribution is -0.824. The maximum atomic E-state index is 12.2. The number of carbonyl (C=O) groups is 1. The van der Waals surface area contributed by atoms with Gasteiger partial charge < -0.3 is 4.90 Å². The van der Waals surface area contributed by atoms with E-state index in [1.54, 1.807) is 0 Å². The van der Waals surface area contributed by atoms with E-state index in [1.165, 1.54) is 0 Å². The van der Waals surface area contributed by atoms with Gasteiger partial charge in [0.2, 0.25) is 5.82 Å². The van der Waals surface area contributed by atoms with E-state index in [0.29, 0.717) is 6.54 Å². The molecule has 1 N–H and O–H groups in total. The number of quaternary nitrogens is 1. The van der Waals surface area contributed by atoms with Crippen LogP contribution in [-0.4, -0.2) is 47.0 Å². The van der Waals surface area contributed by atoms with E-state index in [0.717, 1.165) is 41.9 Å². The molecule has 106 valence electrons. The second kappa shape index (κ2) is 7.19. The smallest absolute Gasteiger partial charge is 0.278 e. The van der Waals surface area contributed by atoms with Crippen LogP contribution in [0.2, 0.25) is 0 Å². The zero-order chi connectivity index (χ0) is 14.4. The van der Waals surface area contributed by atoms with Gasteiger partial charge in [-0.2, -0.15) is 4.98 Å². The SMILES string of the molecule is CCN(CC)C(=O)C[NH+](CC)c1cc(C)nc(C)n1. The van der Waals surface area contributed by atoms with Gasteiger partial charge in [-0.1, -0.05) is 0 Å². The zero-order valence-corrected chi connectivity index (χ0v) is 12.7. The summed E-state index contributed by atoms with van der Waals surface area (Å²) in [5, 5.41) is 0. The number of amides is 1. The van der Waals surface area contributed by atoms with Crippen LogP contribution in [0.5, 0.6) is 0 Å². The van der Waals surface area contributed by atoms with Crippen LogP contribution in [0.4, 0.5) is 5.82 Å². The fourth-order valence-corrected chi connectivity index (χ4v) is 2.17. The van der Waals surface area contributed by atoms with Crippen molar-refractivity contribution in [3.63, 3.8) is 0 Å². The summed E-state index contributed by atoms with van der Waals surface area (Å²) >= 11 is 0. The van der Waals surface area contributed by atoms with Gasteiger partial charge in [0.1, 0.15) is 5.82 Å². The van der Waals surface area contributed by atoms with E-state index in [1.807, 2.05) is 38.7 Å². The van der Waals surface area contributed by atoms with Crippen molar-refractivity contribution in [2.45, 2.75) is 34.6 Å². The molecule has 5 heteroatoms. The van der Waals surface area contributed by atoms with E-state index >= 15 is 0 Å². The van der Waals surface area contributed by atoms with Crippen molar-refractivity contribution in [2.24, 2.45) is 0 Å². The monoisotopic (exact) mass is 265 g/mol. The Hall–Kier alpha value is -1.49. The average molecular weight is 265 g/mol. The molecule has 1 aromatic heterocycles. The predicted molar refractivity (Wildman–Crippen MR) is 75.5 cm³/mol. The van der Waals surface area contributed by atoms with Crippen molar-refractivity contribution in [3.05, 3.63) is 17.6 Å². The Morgan fingerprint density at radius 3 is 2.32 bits per heavy atom. The van der Waals surface area contributed by atoms with Crippen molar-refractivity contribution < 1.29 is 9.69 Å². The molecule has 1 aromatic rings. The fraction of sp³-hybridized carbons (Fsp3) is 0.643. The third-order valence-electron chi connectivity index (χ3n) is 3.24. The zero-order valence-electron chi connectivity index (χ0n) is 12.7. The largest absolute Gasteiger partial charge is 0.338 e. The van der Waals surface area contributed by atoms with Gasteiger partial charge in [-0.05, 0) is 34.6 Å². The highest BCUT2D eigenvalue weighted by atomic mass is 16.2. The Labute approximate surface area is 115 Å². The second-order valence-corrected chi connectivity index (χ2v) is 4.64. The molecular formula is C14H25N4O+. The molecule has 1 unspecified atom stereocenters. The summed E-state index contributed by atoms with van der Waals surface area (Å²) in [5.74, 6) is 1.85. The molecule has 1 amide bonds. The highest BCUT2D eigenvalue weighted by Crippen LogP contribution is 2.00. The summed E-state index contributed by atoms with van der Waals surface area (Å²) in [5.41, 5.74) is 0.948. The molecule has 5 nitrogen and oxygen atoms in total. The molecule has 0 aliphatic rings. The first kappa shape index (κ1) is 15.6. The van der Waals surface area contributed by atoms with E-state index in [4.69, 9.17) is 0 Å². The van der Waals surface area contributed by atoms with Gasteiger partial charge in [-0.3, -0.25) is 9.69 Å². The van der Waals surface area contributed by atoms with Gasteiger partial charge >= 0.3 is 0 Å². The van der Waals surface area contributed by atoms with Crippen molar-refractivity contribution in [2.75, 3.05) is 26.2 Å². The van der Waals surface area contributed by atoms with E-state index in [9.17, 15) is 4.79 Å². The van der Waals surface area contributed by atoms with Crippen LogP contribution >= 0.6 is 0 Å². The second-order valence-electron chi connectivity index (χ2n) is 4.64. The molecule has 19 heavy (non-hydrogen) atoms. The lowest BCUT2D eigenvalue weighted by Crippen LogP contribution is -3.08.